The van der Waals surface area contributed by atoms with Gasteiger partial charge in [-0.05, 0) is 73.4 Å². The van der Waals surface area contributed by atoms with Crippen LogP contribution < -0.4 is 5.32 Å². The molecule has 0 aromatic carbocycles. The van der Waals surface area contributed by atoms with Gasteiger partial charge in [0.05, 0.1) is 6.04 Å². The van der Waals surface area contributed by atoms with Gasteiger partial charge in [0.1, 0.15) is 5.76 Å². The highest BCUT2D eigenvalue weighted by Gasteiger charge is 2.22. The Bertz CT molecular complexity index is 360. The van der Waals surface area contributed by atoms with Crippen LogP contribution in [0.4, 0.5) is 0 Å². The van der Waals surface area contributed by atoms with E-state index in [4.69, 9.17) is 4.42 Å². The molecule has 1 fully saturated rings. The van der Waals surface area contributed by atoms with Crippen LogP contribution >= 0.6 is 15.9 Å². The molecule has 1 atom stereocenters. The van der Waals surface area contributed by atoms with Gasteiger partial charge in [0.2, 0.25) is 0 Å². The summed E-state index contributed by atoms with van der Waals surface area (Å²) < 4.78 is 6.50. The molecule has 0 bridgehead atoms. The van der Waals surface area contributed by atoms with Gasteiger partial charge in [0.25, 0.3) is 0 Å². The van der Waals surface area contributed by atoms with Crippen LogP contribution in [0, 0.1) is 5.92 Å². The van der Waals surface area contributed by atoms with Crippen LogP contribution in [-0.2, 0) is 0 Å². The number of furan rings is 1. The van der Waals surface area contributed by atoms with Crippen molar-refractivity contribution in [2.75, 3.05) is 26.2 Å². The Morgan fingerprint density at radius 3 is 2.72 bits per heavy atom. The molecular formula is C14H23BrN2O. The molecule has 102 valence electrons. The maximum atomic E-state index is 5.68. The average Bonchev–Trinajstić information content (AvgIpc) is 2.83. The van der Waals surface area contributed by atoms with Gasteiger partial charge in [0, 0.05) is 6.54 Å². The van der Waals surface area contributed by atoms with Gasteiger partial charge in [-0.25, -0.2) is 0 Å². The van der Waals surface area contributed by atoms with Crippen molar-refractivity contribution < 1.29 is 4.42 Å². The summed E-state index contributed by atoms with van der Waals surface area (Å²) in [4.78, 5) is 2.52. The van der Waals surface area contributed by atoms with E-state index in [1.807, 2.05) is 6.07 Å². The Kier molecular flexibility index (Phi) is 5.27. The van der Waals surface area contributed by atoms with Crippen molar-refractivity contribution in [1.29, 1.82) is 0 Å². The minimum absolute atomic E-state index is 0.358. The van der Waals surface area contributed by atoms with Gasteiger partial charge in [0.15, 0.2) is 4.67 Å². The monoisotopic (exact) mass is 314 g/mol. The molecule has 4 heteroatoms. The highest BCUT2D eigenvalue weighted by Crippen LogP contribution is 2.26. The predicted molar refractivity (Wildman–Crippen MR) is 77.7 cm³/mol. The first kappa shape index (κ1) is 14.1. The predicted octanol–water partition coefficient (Wildman–Crippen LogP) is 3.42. The lowest BCUT2D eigenvalue weighted by atomic mass is 9.97. The molecule has 1 N–H and O–H groups in total. The van der Waals surface area contributed by atoms with E-state index in [0.717, 1.165) is 22.9 Å². The lowest BCUT2D eigenvalue weighted by Crippen LogP contribution is -2.37. The number of nitrogens with zero attached hydrogens (tertiary/aromatic N) is 1. The number of rotatable bonds is 5. The van der Waals surface area contributed by atoms with E-state index in [-0.39, 0.29) is 0 Å². The van der Waals surface area contributed by atoms with Crippen molar-refractivity contribution in [3.63, 3.8) is 0 Å². The third-order valence-electron chi connectivity index (χ3n) is 3.91. The lowest BCUT2D eigenvalue weighted by Gasteiger charge is -2.32. The molecule has 0 aliphatic carbocycles. The summed E-state index contributed by atoms with van der Waals surface area (Å²) >= 11 is 3.38. The van der Waals surface area contributed by atoms with Crippen LogP contribution in [0.25, 0.3) is 0 Å². The minimum Gasteiger partial charge on any atom is -0.453 e. The molecule has 18 heavy (non-hydrogen) atoms. The molecule has 0 amide bonds. The third kappa shape index (κ3) is 3.59. The van der Waals surface area contributed by atoms with Crippen molar-refractivity contribution in [2.45, 2.75) is 32.7 Å². The van der Waals surface area contributed by atoms with Gasteiger partial charge < -0.3 is 9.73 Å². The molecule has 1 aromatic rings. The SMILES string of the molecule is CCN(CC1CCNCC1)C(C)c1ccc(Br)o1. The van der Waals surface area contributed by atoms with Gasteiger partial charge in [-0.15, -0.1) is 0 Å². The van der Waals surface area contributed by atoms with E-state index in [1.165, 1.54) is 32.5 Å². The molecule has 2 rings (SSSR count). The fraction of sp³-hybridized carbons (Fsp3) is 0.714. The summed E-state index contributed by atoms with van der Waals surface area (Å²) in [5.41, 5.74) is 0. The highest BCUT2D eigenvalue weighted by atomic mass is 79.9. The van der Waals surface area contributed by atoms with E-state index < -0.39 is 0 Å². The Morgan fingerprint density at radius 1 is 1.44 bits per heavy atom. The first-order valence-corrected chi connectivity index (χ1v) is 7.70. The lowest BCUT2D eigenvalue weighted by molar-refractivity contribution is 0.152. The van der Waals surface area contributed by atoms with Gasteiger partial charge in [-0.2, -0.15) is 0 Å². The largest absolute Gasteiger partial charge is 0.453 e. The smallest absolute Gasteiger partial charge is 0.169 e. The number of piperidine rings is 1. The molecule has 3 nitrogen and oxygen atoms in total. The maximum Gasteiger partial charge on any atom is 0.169 e. The van der Waals surface area contributed by atoms with Crippen molar-refractivity contribution in [1.82, 2.24) is 10.2 Å². The van der Waals surface area contributed by atoms with Gasteiger partial charge >= 0.3 is 0 Å². The zero-order valence-electron chi connectivity index (χ0n) is 11.3. The molecule has 1 aliphatic heterocycles. The summed E-state index contributed by atoms with van der Waals surface area (Å²) in [6.45, 7) is 9.05. The van der Waals surface area contributed by atoms with Crippen molar-refractivity contribution in [3.8, 4) is 0 Å². The number of hydrogen-bond acceptors (Lipinski definition) is 3. The second kappa shape index (κ2) is 6.73. The van der Waals surface area contributed by atoms with E-state index in [9.17, 15) is 0 Å². The van der Waals surface area contributed by atoms with E-state index in [0.29, 0.717) is 6.04 Å². The van der Waals surface area contributed by atoms with E-state index in [2.05, 4.69) is 46.1 Å². The molecule has 1 aliphatic rings. The summed E-state index contributed by atoms with van der Waals surface area (Å²) in [5.74, 6) is 1.88. The van der Waals surface area contributed by atoms with E-state index in [1.54, 1.807) is 0 Å². The fourth-order valence-electron chi connectivity index (χ4n) is 2.69. The molecule has 1 unspecified atom stereocenters. The first-order valence-electron chi connectivity index (χ1n) is 6.90. The average molecular weight is 315 g/mol. The van der Waals surface area contributed by atoms with Crippen molar-refractivity contribution in [3.05, 3.63) is 22.6 Å². The quantitative estimate of drug-likeness (QED) is 0.902. The topological polar surface area (TPSA) is 28.4 Å². The Balaban J connectivity index is 1.94. The standard InChI is InChI=1S/C14H23BrN2O/c1-3-17(10-12-6-8-16-9-7-12)11(2)13-4-5-14(15)18-13/h4-5,11-12,16H,3,6-10H2,1-2H3. The summed E-state index contributed by atoms with van der Waals surface area (Å²) in [7, 11) is 0. The van der Waals surface area contributed by atoms with Crippen LogP contribution in [0.2, 0.25) is 0 Å². The summed E-state index contributed by atoms with van der Waals surface area (Å²) in [6.07, 6.45) is 2.59. The molecule has 0 saturated carbocycles. The van der Waals surface area contributed by atoms with E-state index >= 15 is 0 Å². The van der Waals surface area contributed by atoms with Crippen LogP contribution in [-0.4, -0.2) is 31.1 Å². The van der Waals surface area contributed by atoms with Gasteiger partial charge in [-0.1, -0.05) is 6.92 Å². The van der Waals surface area contributed by atoms with Crippen molar-refractivity contribution in [2.24, 2.45) is 5.92 Å². The Morgan fingerprint density at radius 2 is 2.17 bits per heavy atom. The Labute approximate surface area is 118 Å². The highest BCUT2D eigenvalue weighted by molar-refractivity contribution is 9.10. The third-order valence-corrected chi connectivity index (χ3v) is 4.34. The zero-order chi connectivity index (χ0) is 13.0. The molecule has 1 saturated heterocycles. The molecule has 0 spiro atoms. The molecular weight excluding hydrogens is 292 g/mol. The zero-order valence-corrected chi connectivity index (χ0v) is 12.9. The van der Waals surface area contributed by atoms with Crippen LogP contribution in [0.3, 0.4) is 0 Å². The molecule has 1 aromatic heterocycles. The second-order valence-corrected chi connectivity index (χ2v) is 5.88. The first-order chi connectivity index (χ1) is 8.70. The number of nitrogens with one attached hydrogen (secondary N) is 1. The normalized spacial score (nSPS) is 19.3. The summed E-state index contributed by atoms with van der Waals surface area (Å²) in [6, 6.07) is 4.40. The van der Waals surface area contributed by atoms with Crippen LogP contribution in [0.15, 0.2) is 21.2 Å². The minimum atomic E-state index is 0.358. The second-order valence-electron chi connectivity index (χ2n) is 5.10. The number of halogens is 1. The molecule has 2 heterocycles. The maximum absolute atomic E-state index is 5.68. The summed E-state index contributed by atoms with van der Waals surface area (Å²) in [5, 5.41) is 3.43. The molecule has 0 radical (unpaired) electrons. The Hall–Kier alpha value is -0.320. The fourth-order valence-corrected chi connectivity index (χ4v) is 3.01. The van der Waals surface area contributed by atoms with Crippen molar-refractivity contribution >= 4 is 15.9 Å². The van der Waals surface area contributed by atoms with Crippen LogP contribution in [0.5, 0.6) is 0 Å². The van der Waals surface area contributed by atoms with Crippen LogP contribution in [0.1, 0.15) is 38.5 Å². The van der Waals surface area contributed by atoms with Gasteiger partial charge in [-0.3, -0.25) is 4.90 Å². The number of hydrogen-bond donors (Lipinski definition) is 1.